The molecule has 1 aromatic heterocycles. The van der Waals surface area contributed by atoms with Crippen LogP contribution in [-0.4, -0.2) is 42.1 Å². The second-order valence-corrected chi connectivity index (χ2v) is 4.80. The van der Waals surface area contributed by atoms with Gasteiger partial charge in [-0.2, -0.15) is 0 Å². The molecule has 21 heavy (non-hydrogen) atoms. The molecule has 1 unspecified atom stereocenters. The molecule has 2 rings (SSSR count). The quantitative estimate of drug-likeness (QED) is 0.626. The summed E-state index contributed by atoms with van der Waals surface area (Å²) in [6.45, 7) is 1.10. The zero-order valence-electron chi connectivity index (χ0n) is 11.8. The van der Waals surface area contributed by atoms with Crippen molar-refractivity contribution in [3.8, 4) is 0 Å². The van der Waals surface area contributed by atoms with E-state index in [1.54, 1.807) is 7.05 Å². The molecule has 1 aliphatic heterocycles. The number of amides is 1. The minimum atomic E-state index is -0.576. The molecule has 0 radical (unpaired) electrons. The summed E-state index contributed by atoms with van der Waals surface area (Å²) in [4.78, 5) is 26.3. The Bertz CT molecular complexity index is 529. The second-order valence-electron chi connectivity index (χ2n) is 4.80. The van der Waals surface area contributed by atoms with E-state index in [1.165, 1.54) is 6.07 Å². The second kappa shape index (κ2) is 6.98. The van der Waals surface area contributed by atoms with Crippen molar-refractivity contribution in [1.29, 1.82) is 0 Å². The number of ether oxygens (including phenoxy) is 1. The Kier molecular flexibility index (Phi) is 5.04. The van der Waals surface area contributed by atoms with Gasteiger partial charge in [0.15, 0.2) is 0 Å². The van der Waals surface area contributed by atoms with E-state index in [-0.39, 0.29) is 17.4 Å². The molecule has 1 aliphatic rings. The minimum Gasteiger partial charge on any atom is -0.376 e. The van der Waals surface area contributed by atoms with Crippen molar-refractivity contribution in [2.75, 3.05) is 25.5 Å². The van der Waals surface area contributed by atoms with Crippen LogP contribution in [0, 0.1) is 10.1 Å². The monoisotopic (exact) mass is 294 g/mol. The molecular formula is C13H18N4O4. The molecule has 1 aromatic rings. The average molecular weight is 294 g/mol. The maximum Gasteiger partial charge on any atom is 0.288 e. The molecule has 0 bridgehead atoms. The number of carbonyl (C=O) groups excluding carboxylic acids is 1. The fourth-order valence-corrected chi connectivity index (χ4v) is 2.20. The molecule has 0 aliphatic carbocycles. The van der Waals surface area contributed by atoms with E-state index in [9.17, 15) is 14.9 Å². The number of pyridine rings is 1. The summed E-state index contributed by atoms with van der Waals surface area (Å²) in [5, 5.41) is 16.3. The van der Waals surface area contributed by atoms with Crippen LogP contribution in [0.5, 0.6) is 0 Å². The van der Waals surface area contributed by atoms with Gasteiger partial charge in [0.2, 0.25) is 0 Å². The number of hydrogen-bond acceptors (Lipinski definition) is 6. The molecule has 114 valence electrons. The molecule has 1 atom stereocenters. The van der Waals surface area contributed by atoms with E-state index in [0.29, 0.717) is 19.0 Å². The number of aromatic nitrogens is 1. The SMILES string of the molecule is CNc1ncc([N+](=O)[O-])cc1C(=O)NCC1CCCCO1. The number of nitro groups is 1. The normalized spacial score (nSPS) is 18.0. The predicted octanol–water partition coefficient (Wildman–Crippen LogP) is 1.33. The van der Waals surface area contributed by atoms with E-state index in [4.69, 9.17) is 4.74 Å². The first-order valence-corrected chi connectivity index (χ1v) is 6.84. The van der Waals surface area contributed by atoms with Gasteiger partial charge in [-0.1, -0.05) is 0 Å². The van der Waals surface area contributed by atoms with Crippen LogP contribution < -0.4 is 10.6 Å². The van der Waals surface area contributed by atoms with Crippen molar-refractivity contribution in [2.24, 2.45) is 0 Å². The molecule has 1 saturated heterocycles. The van der Waals surface area contributed by atoms with Crippen molar-refractivity contribution in [2.45, 2.75) is 25.4 Å². The number of nitrogens with one attached hydrogen (secondary N) is 2. The van der Waals surface area contributed by atoms with Gasteiger partial charge >= 0.3 is 0 Å². The summed E-state index contributed by atoms with van der Waals surface area (Å²) in [5.41, 5.74) is -0.0597. The van der Waals surface area contributed by atoms with Crippen LogP contribution >= 0.6 is 0 Å². The van der Waals surface area contributed by atoms with Gasteiger partial charge in [0, 0.05) is 26.3 Å². The van der Waals surface area contributed by atoms with Gasteiger partial charge in [-0.05, 0) is 19.3 Å². The van der Waals surface area contributed by atoms with Crippen molar-refractivity contribution in [1.82, 2.24) is 10.3 Å². The molecule has 8 heteroatoms. The average Bonchev–Trinajstić information content (AvgIpc) is 2.52. The lowest BCUT2D eigenvalue weighted by Gasteiger charge is -2.22. The third-order valence-corrected chi connectivity index (χ3v) is 3.33. The van der Waals surface area contributed by atoms with Gasteiger partial charge in [0.05, 0.1) is 16.6 Å². The number of hydrogen-bond donors (Lipinski definition) is 2. The Hall–Kier alpha value is -2.22. The number of nitrogens with zero attached hydrogens (tertiary/aromatic N) is 2. The Balaban J connectivity index is 2.06. The van der Waals surface area contributed by atoms with Crippen LogP contribution in [-0.2, 0) is 4.74 Å². The smallest absolute Gasteiger partial charge is 0.288 e. The fraction of sp³-hybridized carbons (Fsp3) is 0.538. The van der Waals surface area contributed by atoms with Crippen LogP contribution in [0.1, 0.15) is 29.6 Å². The summed E-state index contributed by atoms with van der Waals surface area (Å²) >= 11 is 0. The first-order chi connectivity index (χ1) is 10.1. The molecule has 0 aromatic carbocycles. The van der Waals surface area contributed by atoms with E-state index in [0.717, 1.165) is 25.5 Å². The number of anilines is 1. The lowest BCUT2D eigenvalue weighted by atomic mass is 10.1. The van der Waals surface area contributed by atoms with Gasteiger partial charge in [-0.3, -0.25) is 14.9 Å². The van der Waals surface area contributed by atoms with Crippen molar-refractivity contribution >= 4 is 17.4 Å². The highest BCUT2D eigenvalue weighted by Gasteiger charge is 2.19. The molecule has 0 spiro atoms. The van der Waals surface area contributed by atoms with Gasteiger partial charge < -0.3 is 15.4 Å². The standard InChI is InChI=1S/C13H18N4O4/c1-14-12-11(6-9(7-15-12)17(19)20)13(18)16-8-10-4-2-3-5-21-10/h6-7,10H,2-5,8H2,1H3,(H,14,15)(H,16,18). The van der Waals surface area contributed by atoms with E-state index in [1.807, 2.05) is 0 Å². The Morgan fingerprint density at radius 1 is 1.57 bits per heavy atom. The molecular weight excluding hydrogens is 276 g/mol. The summed E-state index contributed by atoms with van der Waals surface area (Å²) in [5.74, 6) is -0.0904. The number of carbonyl (C=O) groups is 1. The minimum absolute atomic E-state index is 0.00685. The highest BCUT2D eigenvalue weighted by Crippen LogP contribution is 2.19. The van der Waals surface area contributed by atoms with E-state index < -0.39 is 10.8 Å². The van der Waals surface area contributed by atoms with E-state index in [2.05, 4.69) is 15.6 Å². The fourth-order valence-electron chi connectivity index (χ4n) is 2.20. The Labute approximate surface area is 122 Å². The Morgan fingerprint density at radius 3 is 3.00 bits per heavy atom. The summed E-state index contributed by atoms with van der Waals surface area (Å²) in [6, 6.07) is 1.22. The zero-order valence-corrected chi connectivity index (χ0v) is 11.8. The van der Waals surface area contributed by atoms with Gasteiger partial charge in [-0.15, -0.1) is 0 Å². The maximum absolute atomic E-state index is 12.2. The number of rotatable bonds is 5. The lowest BCUT2D eigenvalue weighted by Crippen LogP contribution is -2.35. The van der Waals surface area contributed by atoms with Crippen LogP contribution in [0.4, 0.5) is 11.5 Å². The highest BCUT2D eigenvalue weighted by atomic mass is 16.6. The summed E-state index contributed by atoms with van der Waals surface area (Å²) in [6.07, 6.45) is 4.16. The Morgan fingerprint density at radius 2 is 2.38 bits per heavy atom. The lowest BCUT2D eigenvalue weighted by molar-refractivity contribution is -0.385. The molecule has 2 heterocycles. The van der Waals surface area contributed by atoms with Crippen molar-refractivity contribution < 1.29 is 14.5 Å². The van der Waals surface area contributed by atoms with Crippen LogP contribution in [0.2, 0.25) is 0 Å². The van der Waals surface area contributed by atoms with Crippen molar-refractivity contribution in [3.63, 3.8) is 0 Å². The van der Waals surface area contributed by atoms with E-state index >= 15 is 0 Å². The third-order valence-electron chi connectivity index (χ3n) is 3.33. The molecule has 1 amide bonds. The predicted molar refractivity (Wildman–Crippen MR) is 76.4 cm³/mol. The molecule has 8 nitrogen and oxygen atoms in total. The molecule has 1 fully saturated rings. The maximum atomic E-state index is 12.2. The van der Waals surface area contributed by atoms with Gasteiger partial charge in [-0.25, -0.2) is 4.98 Å². The van der Waals surface area contributed by atoms with Gasteiger partial charge in [0.1, 0.15) is 12.0 Å². The summed E-state index contributed by atoms with van der Waals surface area (Å²) < 4.78 is 5.53. The van der Waals surface area contributed by atoms with Crippen molar-refractivity contribution in [3.05, 3.63) is 27.9 Å². The zero-order chi connectivity index (χ0) is 15.2. The highest BCUT2D eigenvalue weighted by molar-refractivity contribution is 5.99. The summed E-state index contributed by atoms with van der Waals surface area (Å²) in [7, 11) is 1.61. The largest absolute Gasteiger partial charge is 0.376 e. The van der Waals surface area contributed by atoms with Crippen LogP contribution in [0.25, 0.3) is 0 Å². The molecule has 2 N–H and O–H groups in total. The first kappa shape index (κ1) is 15.2. The topological polar surface area (TPSA) is 106 Å². The first-order valence-electron chi connectivity index (χ1n) is 6.84. The van der Waals surface area contributed by atoms with Crippen LogP contribution in [0.15, 0.2) is 12.3 Å². The van der Waals surface area contributed by atoms with Crippen LogP contribution in [0.3, 0.4) is 0 Å². The van der Waals surface area contributed by atoms with Gasteiger partial charge in [0.25, 0.3) is 11.6 Å². The third kappa shape index (κ3) is 3.88. The molecule has 0 saturated carbocycles.